The Morgan fingerprint density at radius 3 is 2.29 bits per heavy atom. The predicted molar refractivity (Wildman–Crippen MR) is 80.3 cm³/mol. The highest BCUT2D eigenvalue weighted by atomic mass is 16.5. The Hall–Kier alpha value is -2.69. The number of phenols is 1. The van der Waals surface area contributed by atoms with Gasteiger partial charge in [-0.1, -0.05) is 6.07 Å². The van der Waals surface area contributed by atoms with E-state index in [0.29, 0.717) is 28.3 Å². The average molecular weight is 287 g/mol. The van der Waals surface area contributed by atoms with Gasteiger partial charge in [0.25, 0.3) is 5.91 Å². The number of phenolic OH excluding ortho intramolecular Hbond substituents is 1. The molecule has 2 N–H and O–H groups in total. The molecule has 0 atom stereocenters. The lowest BCUT2D eigenvalue weighted by molar-refractivity contribution is 0.102. The molecule has 0 aliphatic heterocycles. The number of anilines is 1. The van der Waals surface area contributed by atoms with Crippen LogP contribution >= 0.6 is 0 Å². The number of rotatable bonds is 4. The average Bonchev–Trinajstić information content (AvgIpc) is 2.51. The van der Waals surface area contributed by atoms with Crippen LogP contribution in [0.5, 0.6) is 17.2 Å². The summed E-state index contributed by atoms with van der Waals surface area (Å²) in [6, 6.07) is 9.90. The number of hydrogen-bond acceptors (Lipinski definition) is 4. The number of ether oxygens (including phenoxy) is 2. The minimum atomic E-state index is -0.305. The molecule has 0 unspecified atom stereocenters. The Morgan fingerprint density at radius 1 is 1.10 bits per heavy atom. The Kier molecular flexibility index (Phi) is 4.33. The second kappa shape index (κ2) is 6.17. The first-order valence-corrected chi connectivity index (χ1v) is 6.38. The zero-order chi connectivity index (χ0) is 15.4. The summed E-state index contributed by atoms with van der Waals surface area (Å²) >= 11 is 0. The van der Waals surface area contributed by atoms with Crippen molar-refractivity contribution in [1.29, 1.82) is 0 Å². The molecular weight excluding hydrogens is 270 g/mol. The van der Waals surface area contributed by atoms with Crippen molar-refractivity contribution in [2.75, 3.05) is 19.5 Å². The van der Waals surface area contributed by atoms with Gasteiger partial charge >= 0.3 is 0 Å². The molecule has 21 heavy (non-hydrogen) atoms. The van der Waals surface area contributed by atoms with Gasteiger partial charge in [0.15, 0.2) is 0 Å². The number of hydrogen-bond donors (Lipinski definition) is 2. The molecule has 1 amide bonds. The summed E-state index contributed by atoms with van der Waals surface area (Å²) in [5.41, 5.74) is 1.58. The summed E-state index contributed by atoms with van der Waals surface area (Å²) in [7, 11) is 3.05. The molecular formula is C16H17NO4. The van der Waals surface area contributed by atoms with Crippen molar-refractivity contribution in [3.05, 3.63) is 47.5 Å². The molecule has 5 heteroatoms. The number of benzene rings is 2. The van der Waals surface area contributed by atoms with Crippen LogP contribution in [-0.2, 0) is 0 Å². The molecule has 0 saturated heterocycles. The van der Waals surface area contributed by atoms with Gasteiger partial charge in [-0.2, -0.15) is 0 Å². The normalized spacial score (nSPS) is 10.0. The van der Waals surface area contributed by atoms with Crippen molar-refractivity contribution in [2.45, 2.75) is 6.92 Å². The third-order valence-electron chi connectivity index (χ3n) is 3.17. The quantitative estimate of drug-likeness (QED) is 0.907. The first kappa shape index (κ1) is 14.7. The van der Waals surface area contributed by atoms with Crippen LogP contribution in [0.25, 0.3) is 0 Å². The third kappa shape index (κ3) is 3.25. The van der Waals surface area contributed by atoms with Crippen LogP contribution in [0.2, 0.25) is 0 Å². The van der Waals surface area contributed by atoms with Crippen LogP contribution in [0.1, 0.15) is 15.9 Å². The molecule has 0 radical (unpaired) electrons. The summed E-state index contributed by atoms with van der Waals surface area (Å²) in [5.74, 6) is 0.899. The van der Waals surface area contributed by atoms with Crippen LogP contribution in [0.15, 0.2) is 36.4 Å². The Morgan fingerprint density at radius 2 is 1.71 bits per heavy atom. The molecule has 0 heterocycles. The van der Waals surface area contributed by atoms with Crippen molar-refractivity contribution in [1.82, 2.24) is 0 Å². The molecule has 2 rings (SSSR count). The number of carbonyl (C=O) groups is 1. The molecule has 0 fully saturated rings. The number of amides is 1. The Bertz CT molecular complexity index is 645. The van der Waals surface area contributed by atoms with E-state index >= 15 is 0 Å². The zero-order valence-electron chi connectivity index (χ0n) is 12.1. The molecule has 110 valence electrons. The summed E-state index contributed by atoms with van der Waals surface area (Å²) in [4.78, 5) is 12.3. The molecule has 0 aliphatic rings. The minimum absolute atomic E-state index is 0.135. The first-order valence-electron chi connectivity index (χ1n) is 6.38. The lowest BCUT2D eigenvalue weighted by Gasteiger charge is -2.11. The lowest BCUT2D eigenvalue weighted by atomic mass is 10.1. The standard InChI is InChI=1S/C16H17NO4/c1-10-14(5-4-6-15(10)18)17-16(19)11-7-12(20-2)9-13(8-11)21-3/h4-9,18H,1-3H3,(H,17,19). The second-order valence-electron chi connectivity index (χ2n) is 4.51. The fourth-order valence-corrected chi connectivity index (χ4v) is 1.89. The van der Waals surface area contributed by atoms with Gasteiger partial charge in [-0.25, -0.2) is 0 Å². The topological polar surface area (TPSA) is 67.8 Å². The number of nitrogens with one attached hydrogen (secondary N) is 1. The van der Waals surface area contributed by atoms with E-state index in [2.05, 4.69) is 5.32 Å². The minimum Gasteiger partial charge on any atom is -0.508 e. The van der Waals surface area contributed by atoms with Gasteiger partial charge in [-0.15, -0.1) is 0 Å². The lowest BCUT2D eigenvalue weighted by Crippen LogP contribution is -2.13. The zero-order valence-corrected chi connectivity index (χ0v) is 12.1. The maximum Gasteiger partial charge on any atom is 0.255 e. The van der Waals surface area contributed by atoms with Crippen LogP contribution in [0.4, 0.5) is 5.69 Å². The number of carbonyl (C=O) groups excluding carboxylic acids is 1. The highest BCUT2D eigenvalue weighted by molar-refractivity contribution is 6.05. The van der Waals surface area contributed by atoms with Gasteiger partial charge in [-0.3, -0.25) is 4.79 Å². The molecule has 2 aromatic carbocycles. The van der Waals surface area contributed by atoms with E-state index in [9.17, 15) is 9.90 Å². The molecule has 2 aromatic rings. The number of methoxy groups -OCH3 is 2. The van der Waals surface area contributed by atoms with E-state index in [4.69, 9.17) is 9.47 Å². The third-order valence-corrected chi connectivity index (χ3v) is 3.17. The smallest absolute Gasteiger partial charge is 0.255 e. The molecule has 5 nitrogen and oxygen atoms in total. The van der Waals surface area contributed by atoms with Crippen molar-refractivity contribution in [3.8, 4) is 17.2 Å². The van der Waals surface area contributed by atoms with E-state index in [1.54, 1.807) is 43.3 Å². The van der Waals surface area contributed by atoms with Crippen molar-refractivity contribution in [2.24, 2.45) is 0 Å². The molecule has 0 spiro atoms. The van der Waals surface area contributed by atoms with Crippen molar-refractivity contribution in [3.63, 3.8) is 0 Å². The molecule has 0 saturated carbocycles. The van der Waals surface area contributed by atoms with Crippen molar-refractivity contribution < 1.29 is 19.4 Å². The van der Waals surface area contributed by atoms with E-state index in [0.717, 1.165) is 0 Å². The van der Waals surface area contributed by atoms with E-state index in [1.165, 1.54) is 14.2 Å². The SMILES string of the molecule is COc1cc(OC)cc(C(=O)Nc2cccc(O)c2C)c1. The summed E-state index contributed by atoms with van der Waals surface area (Å²) < 4.78 is 10.3. The monoisotopic (exact) mass is 287 g/mol. The second-order valence-corrected chi connectivity index (χ2v) is 4.51. The Balaban J connectivity index is 2.30. The summed E-state index contributed by atoms with van der Waals surface area (Å²) in [5, 5.41) is 12.4. The van der Waals surface area contributed by atoms with E-state index < -0.39 is 0 Å². The van der Waals surface area contributed by atoms with Gasteiger partial charge in [0.05, 0.1) is 14.2 Å². The van der Waals surface area contributed by atoms with Crippen molar-refractivity contribution >= 4 is 11.6 Å². The first-order chi connectivity index (χ1) is 10.0. The molecule has 0 aromatic heterocycles. The highest BCUT2D eigenvalue weighted by Crippen LogP contribution is 2.26. The van der Waals surface area contributed by atoms with Gasteiger partial charge in [0.1, 0.15) is 17.2 Å². The number of aromatic hydroxyl groups is 1. The maximum absolute atomic E-state index is 12.3. The largest absolute Gasteiger partial charge is 0.508 e. The van der Waals surface area contributed by atoms with Crippen LogP contribution in [0.3, 0.4) is 0 Å². The molecule has 0 bridgehead atoms. The summed E-state index contributed by atoms with van der Waals surface area (Å²) in [6.07, 6.45) is 0. The fourth-order valence-electron chi connectivity index (χ4n) is 1.89. The van der Waals surface area contributed by atoms with Gasteiger partial charge < -0.3 is 19.9 Å². The van der Waals surface area contributed by atoms with Crippen LogP contribution < -0.4 is 14.8 Å². The van der Waals surface area contributed by atoms with E-state index in [-0.39, 0.29) is 11.7 Å². The predicted octanol–water partition coefficient (Wildman–Crippen LogP) is 2.97. The van der Waals surface area contributed by atoms with E-state index in [1.807, 2.05) is 0 Å². The van der Waals surface area contributed by atoms with Gasteiger partial charge in [-0.05, 0) is 31.2 Å². The van der Waals surface area contributed by atoms with Gasteiger partial charge in [0, 0.05) is 22.9 Å². The fraction of sp³-hybridized carbons (Fsp3) is 0.188. The Labute approximate surface area is 123 Å². The highest BCUT2D eigenvalue weighted by Gasteiger charge is 2.12. The van der Waals surface area contributed by atoms with Crippen LogP contribution in [0, 0.1) is 6.92 Å². The summed E-state index contributed by atoms with van der Waals surface area (Å²) in [6.45, 7) is 1.73. The maximum atomic E-state index is 12.3. The van der Waals surface area contributed by atoms with Gasteiger partial charge in [0.2, 0.25) is 0 Å². The molecule has 0 aliphatic carbocycles. The van der Waals surface area contributed by atoms with Crippen LogP contribution in [-0.4, -0.2) is 25.2 Å².